The quantitative estimate of drug-likeness (QED) is 0.843. The number of H-pyrrole nitrogens is 1. The second-order valence-electron chi connectivity index (χ2n) is 4.34. The Bertz CT molecular complexity index is 541. The molecule has 3 nitrogen and oxygen atoms in total. The zero-order valence-electron chi connectivity index (χ0n) is 9.59. The number of alkyl halides is 1. The molecule has 0 aliphatic heterocycles. The van der Waals surface area contributed by atoms with E-state index in [0.29, 0.717) is 11.3 Å². The SMILES string of the molecule is CC(C)(F)c1c(F)cccc1-c1cc(N)n[nH]1. The fourth-order valence-corrected chi connectivity index (χ4v) is 1.83. The zero-order chi connectivity index (χ0) is 12.6. The van der Waals surface area contributed by atoms with Crippen LogP contribution < -0.4 is 5.73 Å². The van der Waals surface area contributed by atoms with Gasteiger partial charge in [0.15, 0.2) is 0 Å². The standard InChI is InChI=1S/C12H13F2N3/c1-12(2,14)11-7(4-3-5-8(11)13)9-6-10(15)17-16-9/h3-6H,1-2H3,(H3,15,16,17). The Morgan fingerprint density at radius 1 is 1.35 bits per heavy atom. The summed E-state index contributed by atoms with van der Waals surface area (Å²) in [6, 6.07) is 5.94. The Kier molecular flexibility index (Phi) is 2.61. The number of hydrogen-bond acceptors (Lipinski definition) is 2. The second kappa shape index (κ2) is 3.84. The molecule has 1 aromatic carbocycles. The number of nitrogens with one attached hydrogen (secondary N) is 1. The van der Waals surface area contributed by atoms with Crippen molar-refractivity contribution < 1.29 is 8.78 Å². The average molecular weight is 237 g/mol. The summed E-state index contributed by atoms with van der Waals surface area (Å²) in [7, 11) is 0. The van der Waals surface area contributed by atoms with Gasteiger partial charge in [-0.15, -0.1) is 0 Å². The molecule has 0 aliphatic carbocycles. The van der Waals surface area contributed by atoms with Crippen molar-refractivity contribution in [2.45, 2.75) is 19.5 Å². The van der Waals surface area contributed by atoms with E-state index in [2.05, 4.69) is 10.2 Å². The number of benzene rings is 1. The number of anilines is 1. The van der Waals surface area contributed by atoms with Crippen molar-refractivity contribution in [2.24, 2.45) is 0 Å². The van der Waals surface area contributed by atoms with E-state index in [-0.39, 0.29) is 11.4 Å². The van der Waals surface area contributed by atoms with E-state index in [0.717, 1.165) is 0 Å². The van der Waals surface area contributed by atoms with Crippen LogP contribution in [-0.4, -0.2) is 10.2 Å². The number of nitrogens with zero attached hydrogens (tertiary/aromatic N) is 1. The van der Waals surface area contributed by atoms with Crippen LogP contribution in [0.2, 0.25) is 0 Å². The normalized spacial score (nSPS) is 11.8. The summed E-state index contributed by atoms with van der Waals surface area (Å²) in [5.41, 5.74) is 4.64. The molecule has 0 unspecified atom stereocenters. The summed E-state index contributed by atoms with van der Waals surface area (Å²) in [5, 5.41) is 6.41. The lowest BCUT2D eigenvalue weighted by Gasteiger charge is -2.19. The van der Waals surface area contributed by atoms with E-state index in [1.54, 1.807) is 12.1 Å². The maximum atomic E-state index is 14.0. The highest BCUT2D eigenvalue weighted by molar-refractivity contribution is 5.67. The van der Waals surface area contributed by atoms with E-state index in [9.17, 15) is 8.78 Å². The van der Waals surface area contributed by atoms with Crippen molar-refractivity contribution in [3.63, 3.8) is 0 Å². The molecular formula is C12H13F2N3. The lowest BCUT2D eigenvalue weighted by atomic mass is 9.92. The van der Waals surface area contributed by atoms with Crippen LogP contribution in [0.3, 0.4) is 0 Å². The summed E-state index contributed by atoms with van der Waals surface area (Å²) in [4.78, 5) is 0. The number of nitrogens with two attached hydrogens (primary N) is 1. The molecule has 2 aromatic rings. The van der Waals surface area contributed by atoms with Crippen LogP contribution in [0.5, 0.6) is 0 Å². The lowest BCUT2D eigenvalue weighted by molar-refractivity contribution is 0.214. The van der Waals surface area contributed by atoms with Crippen LogP contribution in [0.4, 0.5) is 14.6 Å². The summed E-state index contributed by atoms with van der Waals surface area (Å²) < 4.78 is 27.8. The molecule has 0 radical (unpaired) electrons. The van der Waals surface area contributed by atoms with Gasteiger partial charge in [-0.3, -0.25) is 5.10 Å². The summed E-state index contributed by atoms with van der Waals surface area (Å²) in [6.07, 6.45) is 0. The highest BCUT2D eigenvalue weighted by Gasteiger charge is 2.27. The molecule has 0 aliphatic rings. The van der Waals surface area contributed by atoms with Crippen molar-refractivity contribution in [1.82, 2.24) is 10.2 Å². The Hall–Kier alpha value is -1.91. The van der Waals surface area contributed by atoms with Gasteiger partial charge in [0.05, 0.1) is 5.69 Å². The maximum Gasteiger partial charge on any atom is 0.145 e. The minimum absolute atomic E-state index is 0.00338. The largest absolute Gasteiger partial charge is 0.382 e. The maximum absolute atomic E-state index is 14.0. The molecule has 0 fully saturated rings. The molecule has 0 spiro atoms. The van der Waals surface area contributed by atoms with Crippen LogP contribution in [0.1, 0.15) is 19.4 Å². The van der Waals surface area contributed by atoms with Crippen LogP contribution in [0.25, 0.3) is 11.3 Å². The minimum Gasteiger partial charge on any atom is -0.382 e. The van der Waals surface area contributed by atoms with E-state index in [1.807, 2.05) is 0 Å². The van der Waals surface area contributed by atoms with Crippen molar-refractivity contribution in [1.29, 1.82) is 0 Å². The molecule has 0 atom stereocenters. The molecule has 0 saturated carbocycles. The number of rotatable bonds is 2. The Labute approximate surface area is 97.7 Å². The zero-order valence-corrected chi connectivity index (χ0v) is 9.59. The average Bonchev–Trinajstić information content (AvgIpc) is 2.62. The topological polar surface area (TPSA) is 54.7 Å². The van der Waals surface area contributed by atoms with Crippen LogP contribution in [-0.2, 0) is 5.67 Å². The van der Waals surface area contributed by atoms with Gasteiger partial charge < -0.3 is 5.73 Å². The number of halogens is 2. The van der Waals surface area contributed by atoms with Gasteiger partial charge in [0.2, 0.25) is 0 Å². The number of aromatic amines is 1. The van der Waals surface area contributed by atoms with Crippen LogP contribution in [0.15, 0.2) is 24.3 Å². The highest BCUT2D eigenvalue weighted by atomic mass is 19.1. The molecule has 1 aromatic heterocycles. The lowest BCUT2D eigenvalue weighted by Crippen LogP contribution is -2.13. The Morgan fingerprint density at radius 3 is 2.59 bits per heavy atom. The van der Waals surface area contributed by atoms with Crippen molar-refractivity contribution in [3.05, 3.63) is 35.6 Å². The first-order valence-corrected chi connectivity index (χ1v) is 5.19. The first-order valence-electron chi connectivity index (χ1n) is 5.19. The summed E-state index contributed by atoms with van der Waals surface area (Å²) in [6.45, 7) is 2.63. The van der Waals surface area contributed by atoms with E-state index >= 15 is 0 Å². The predicted octanol–water partition coefficient (Wildman–Crippen LogP) is 3.00. The first kappa shape index (κ1) is 11.6. The highest BCUT2D eigenvalue weighted by Crippen LogP contribution is 2.35. The molecule has 0 bridgehead atoms. The third-order valence-corrected chi connectivity index (χ3v) is 2.50. The monoisotopic (exact) mass is 237 g/mol. The minimum atomic E-state index is -1.78. The van der Waals surface area contributed by atoms with Crippen molar-refractivity contribution in [3.8, 4) is 11.3 Å². The molecular weight excluding hydrogens is 224 g/mol. The Morgan fingerprint density at radius 2 is 2.06 bits per heavy atom. The summed E-state index contributed by atoms with van der Waals surface area (Å²) in [5.74, 6) is -0.296. The van der Waals surface area contributed by atoms with Gasteiger partial charge in [0, 0.05) is 17.2 Å². The van der Waals surface area contributed by atoms with Gasteiger partial charge in [-0.1, -0.05) is 12.1 Å². The van der Waals surface area contributed by atoms with Crippen LogP contribution in [0, 0.1) is 5.82 Å². The second-order valence-corrected chi connectivity index (χ2v) is 4.34. The number of nitrogen functional groups attached to an aromatic ring is 1. The fourth-order valence-electron chi connectivity index (χ4n) is 1.83. The summed E-state index contributed by atoms with van der Waals surface area (Å²) >= 11 is 0. The molecule has 5 heteroatoms. The van der Waals surface area contributed by atoms with E-state index < -0.39 is 11.5 Å². The van der Waals surface area contributed by atoms with Gasteiger partial charge in [0.1, 0.15) is 17.3 Å². The third-order valence-electron chi connectivity index (χ3n) is 2.50. The van der Waals surface area contributed by atoms with Crippen molar-refractivity contribution in [2.75, 3.05) is 5.73 Å². The molecule has 3 N–H and O–H groups in total. The first-order chi connectivity index (χ1) is 7.89. The van der Waals surface area contributed by atoms with E-state index in [1.165, 1.54) is 26.0 Å². The molecule has 0 amide bonds. The molecule has 90 valence electrons. The smallest absolute Gasteiger partial charge is 0.145 e. The van der Waals surface area contributed by atoms with Gasteiger partial charge >= 0.3 is 0 Å². The number of aromatic nitrogens is 2. The third kappa shape index (κ3) is 2.13. The predicted molar refractivity (Wildman–Crippen MR) is 62.5 cm³/mol. The van der Waals surface area contributed by atoms with Gasteiger partial charge in [-0.25, -0.2) is 8.78 Å². The molecule has 17 heavy (non-hydrogen) atoms. The van der Waals surface area contributed by atoms with Crippen LogP contribution >= 0.6 is 0 Å². The van der Waals surface area contributed by atoms with E-state index in [4.69, 9.17) is 5.73 Å². The molecule has 1 heterocycles. The molecule has 2 rings (SSSR count). The van der Waals surface area contributed by atoms with Gasteiger partial charge in [-0.2, -0.15) is 5.10 Å². The Balaban J connectivity index is 2.66. The molecule has 0 saturated heterocycles. The number of hydrogen-bond donors (Lipinski definition) is 2. The fraction of sp³-hybridized carbons (Fsp3) is 0.250. The van der Waals surface area contributed by atoms with Gasteiger partial charge in [0.25, 0.3) is 0 Å². The van der Waals surface area contributed by atoms with Gasteiger partial charge in [-0.05, 0) is 19.9 Å². The van der Waals surface area contributed by atoms with Crippen molar-refractivity contribution >= 4 is 5.82 Å².